The SMILES string of the molecule is CCCC(=O)Nc1ccc(-c2ccnc(Nc3ccc(N4CCN(C(=O)C5CCCN5)CC4)cc3)n2)cc1. The molecule has 2 aromatic carbocycles. The van der Waals surface area contributed by atoms with Crippen molar-refractivity contribution in [3.63, 3.8) is 0 Å². The van der Waals surface area contributed by atoms with Crippen LogP contribution >= 0.6 is 0 Å². The summed E-state index contributed by atoms with van der Waals surface area (Å²) in [6.07, 6.45) is 5.10. The maximum absolute atomic E-state index is 12.7. The van der Waals surface area contributed by atoms with Crippen molar-refractivity contribution in [1.82, 2.24) is 20.2 Å². The third kappa shape index (κ3) is 6.28. The molecule has 2 aliphatic heterocycles. The molecule has 38 heavy (non-hydrogen) atoms. The van der Waals surface area contributed by atoms with Crippen LogP contribution in [0.15, 0.2) is 60.8 Å². The summed E-state index contributed by atoms with van der Waals surface area (Å²) in [5, 5.41) is 9.51. The molecule has 0 aliphatic carbocycles. The normalized spacial score (nSPS) is 17.3. The Kier molecular flexibility index (Phi) is 8.13. The van der Waals surface area contributed by atoms with Crippen LogP contribution in [0.4, 0.5) is 23.0 Å². The number of carbonyl (C=O) groups is 2. The number of hydrogen-bond acceptors (Lipinski definition) is 7. The predicted molar refractivity (Wildman–Crippen MR) is 151 cm³/mol. The molecule has 1 atom stereocenters. The molecule has 1 unspecified atom stereocenters. The molecule has 5 rings (SSSR count). The van der Waals surface area contributed by atoms with Gasteiger partial charge >= 0.3 is 0 Å². The quantitative estimate of drug-likeness (QED) is 0.418. The second-order valence-corrected chi connectivity index (χ2v) is 9.77. The van der Waals surface area contributed by atoms with E-state index in [4.69, 9.17) is 0 Å². The van der Waals surface area contributed by atoms with Crippen LogP contribution in [0.3, 0.4) is 0 Å². The zero-order chi connectivity index (χ0) is 26.3. The van der Waals surface area contributed by atoms with E-state index in [-0.39, 0.29) is 17.9 Å². The standard InChI is InChI=1S/C29H35N7O2/c1-2-4-27(37)32-22-8-6-21(7-9-22)25-14-16-31-29(34-25)33-23-10-12-24(13-11-23)35-17-19-36(20-18-35)28(38)26-5-3-15-30-26/h6-14,16,26,30H,2-5,15,17-20H2,1H3,(H,32,37)(H,31,33,34). The molecule has 1 aromatic heterocycles. The molecule has 3 aromatic rings. The van der Waals surface area contributed by atoms with Gasteiger partial charge in [-0.05, 0) is 68.3 Å². The van der Waals surface area contributed by atoms with Crippen molar-refractivity contribution in [2.45, 2.75) is 38.6 Å². The topological polar surface area (TPSA) is 102 Å². The van der Waals surface area contributed by atoms with E-state index in [9.17, 15) is 9.59 Å². The lowest BCUT2D eigenvalue weighted by molar-refractivity contribution is -0.133. The van der Waals surface area contributed by atoms with Crippen molar-refractivity contribution in [2.24, 2.45) is 0 Å². The van der Waals surface area contributed by atoms with Crippen LogP contribution in [-0.2, 0) is 9.59 Å². The molecular weight excluding hydrogens is 478 g/mol. The monoisotopic (exact) mass is 513 g/mol. The highest BCUT2D eigenvalue weighted by atomic mass is 16.2. The summed E-state index contributed by atoms with van der Waals surface area (Å²) in [6.45, 7) is 6.10. The largest absolute Gasteiger partial charge is 0.368 e. The summed E-state index contributed by atoms with van der Waals surface area (Å²) in [4.78, 5) is 37.8. The number of rotatable bonds is 8. The van der Waals surface area contributed by atoms with Gasteiger partial charge in [-0.15, -0.1) is 0 Å². The van der Waals surface area contributed by atoms with Crippen molar-refractivity contribution in [1.29, 1.82) is 0 Å². The Morgan fingerprint density at radius 1 is 0.974 bits per heavy atom. The highest BCUT2D eigenvalue weighted by molar-refractivity contribution is 5.90. The molecule has 0 saturated carbocycles. The van der Waals surface area contributed by atoms with Gasteiger partial charge in [-0.2, -0.15) is 0 Å². The van der Waals surface area contributed by atoms with Gasteiger partial charge in [0, 0.05) is 61.4 Å². The molecular formula is C29H35N7O2. The highest BCUT2D eigenvalue weighted by Gasteiger charge is 2.29. The van der Waals surface area contributed by atoms with Gasteiger partial charge in [0.25, 0.3) is 0 Å². The molecule has 9 heteroatoms. The Morgan fingerprint density at radius 3 is 2.39 bits per heavy atom. The Hall–Kier alpha value is -3.98. The summed E-state index contributed by atoms with van der Waals surface area (Å²) in [5.74, 6) is 0.788. The van der Waals surface area contributed by atoms with Crippen LogP contribution < -0.4 is 20.9 Å². The highest BCUT2D eigenvalue weighted by Crippen LogP contribution is 2.24. The van der Waals surface area contributed by atoms with Crippen LogP contribution in [0.2, 0.25) is 0 Å². The third-order valence-corrected chi connectivity index (χ3v) is 7.04. The van der Waals surface area contributed by atoms with Gasteiger partial charge in [0.2, 0.25) is 17.8 Å². The lowest BCUT2D eigenvalue weighted by atomic mass is 10.1. The first-order chi connectivity index (χ1) is 18.6. The molecule has 0 bridgehead atoms. The molecule has 0 spiro atoms. The lowest BCUT2D eigenvalue weighted by Crippen LogP contribution is -2.53. The number of benzene rings is 2. The van der Waals surface area contributed by atoms with Crippen LogP contribution in [0.1, 0.15) is 32.6 Å². The van der Waals surface area contributed by atoms with Crippen LogP contribution in [-0.4, -0.2) is 65.4 Å². The molecule has 2 fully saturated rings. The minimum atomic E-state index is 0.00484. The number of amides is 2. The van der Waals surface area contributed by atoms with Gasteiger partial charge < -0.3 is 25.8 Å². The van der Waals surface area contributed by atoms with E-state index in [1.54, 1.807) is 6.20 Å². The Balaban J connectivity index is 1.16. The molecule has 198 valence electrons. The lowest BCUT2D eigenvalue weighted by Gasteiger charge is -2.37. The van der Waals surface area contributed by atoms with Crippen LogP contribution in [0.25, 0.3) is 11.3 Å². The van der Waals surface area contributed by atoms with Gasteiger partial charge in [0.1, 0.15) is 0 Å². The third-order valence-electron chi connectivity index (χ3n) is 7.04. The predicted octanol–water partition coefficient (Wildman–Crippen LogP) is 4.03. The van der Waals surface area contributed by atoms with E-state index in [1.165, 1.54) is 0 Å². The van der Waals surface area contributed by atoms with Gasteiger partial charge in [-0.1, -0.05) is 19.1 Å². The fourth-order valence-electron chi connectivity index (χ4n) is 4.94. The number of nitrogens with one attached hydrogen (secondary N) is 3. The van der Waals surface area contributed by atoms with Gasteiger partial charge in [0.05, 0.1) is 11.7 Å². The molecule has 9 nitrogen and oxygen atoms in total. The number of hydrogen-bond donors (Lipinski definition) is 3. The van der Waals surface area contributed by atoms with E-state index < -0.39 is 0 Å². The Bertz CT molecular complexity index is 1230. The van der Waals surface area contributed by atoms with Gasteiger partial charge in [-0.3, -0.25) is 9.59 Å². The number of anilines is 4. The number of piperazine rings is 1. The molecule has 3 heterocycles. The zero-order valence-electron chi connectivity index (χ0n) is 21.8. The molecule has 2 aliphatic rings. The second-order valence-electron chi connectivity index (χ2n) is 9.77. The molecule has 2 amide bonds. The van der Waals surface area contributed by atoms with Gasteiger partial charge in [0.15, 0.2) is 0 Å². The minimum absolute atomic E-state index is 0.00484. The first kappa shape index (κ1) is 25.7. The van der Waals surface area contributed by atoms with Crippen molar-refractivity contribution in [3.05, 3.63) is 60.8 Å². The summed E-state index contributed by atoms with van der Waals surface area (Å²) < 4.78 is 0. The number of aromatic nitrogens is 2. The van der Waals surface area contributed by atoms with Crippen molar-refractivity contribution >= 4 is 34.8 Å². The Labute approximate surface area is 223 Å². The van der Waals surface area contributed by atoms with Crippen LogP contribution in [0.5, 0.6) is 0 Å². The summed E-state index contributed by atoms with van der Waals surface area (Å²) >= 11 is 0. The summed E-state index contributed by atoms with van der Waals surface area (Å²) in [7, 11) is 0. The van der Waals surface area contributed by atoms with E-state index in [1.807, 2.05) is 54.3 Å². The fourth-order valence-corrected chi connectivity index (χ4v) is 4.94. The fraction of sp³-hybridized carbons (Fsp3) is 0.379. The van der Waals surface area contributed by atoms with E-state index in [0.717, 1.165) is 80.3 Å². The first-order valence-electron chi connectivity index (χ1n) is 13.5. The van der Waals surface area contributed by atoms with Crippen molar-refractivity contribution in [3.8, 4) is 11.3 Å². The Morgan fingerprint density at radius 2 is 1.71 bits per heavy atom. The number of carbonyl (C=O) groups excluding carboxylic acids is 2. The van der Waals surface area contributed by atoms with Crippen molar-refractivity contribution in [2.75, 3.05) is 48.3 Å². The molecule has 3 N–H and O–H groups in total. The van der Waals surface area contributed by atoms with Crippen molar-refractivity contribution < 1.29 is 9.59 Å². The van der Waals surface area contributed by atoms with E-state index in [0.29, 0.717) is 12.4 Å². The van der Waals surface area contributed by atoms with Crippen LogP contribution in [0, 0.1) is 0 Å². The smallest absolute Gasteiger partial charge is 0.239 e. The number of nitrogens with zero attached hydrogens (tertiary/aromatic N) is 4. The second kappa shape index (κ2) is 12.0. The maximum atomic E-state index is 12.7. The first-order valence-corrected chi connectivity index (χ1v) is 13.5. The molecule has 0 radical (unpaired) electrons. The van der Waals surface area contributed by atoms with E-state index in [2.05, 4.69) is 43.0 Å². The molecule has 2 saturated heterocycles. The van der Waals surface area contributed by atoms with E-state index >= 15 is 0 Å². The summed E-state index contributed by atoms with van der Waals surface area (Å²) in [5.41, 5.74) is 4.56. The average Bonchev–Trinajstić information content (AvgIpc) is 3.49. The maximum Gasteiger partial charge on any atom is 0.239 e. The average molecular weight is 514 g/mol. The zero-order valence-corrected chi connectivity index (χ0v) is 21.8. The summed E-state index contributed by atoms with van der Waals surface area (Å²) in [6, 6.07) is 17.8. The minimum Gasteiger partial charge on any atom is -0.368 e. The van der Waals surface area contributed by atoms with Gasteiger partial charge in [-0.25, -0.2) is 9.97 Å².